The Morgan fingerprint density at radius 1 is 0.886 bits per heavy atom. The number of piperidine rings is 2. The van der Waals surface area contributed by atoms with E-state index in [-0.39, 0.29) is 0 Å². The molecule has 35 heavy (non-hydrogen) atoms. The number of likely N-dealkylation sites (tertiary alicyclic amines) is 2. The molecule has 0 saturated carbocycles. The fraction of sp³-hybridized carbons (Fsp3) is 0.690. The lowest BCUT2D eigenvalue weighted by molar-refractivity contribution is 0.0587. The Morgan fingerprint density at radius 2 is 1.60 bits per heavy atom. The summed E-state index contributed by atoms with van der Waals surface area (Å²) in [5.74, 6) is 5.17. The van der Waals surface area contributed by atoms with E-state index in [0.29, 0.717) is 0 Å². The van der Waals surface area contributed by atoms with Crippen LogP contribution in [0.3, 0.4) is 0 Å². The van der Waals surface area contributed by atoms with E-state index >= 15 is 0 Å². The van der Waals surface area contributed by atoms with Crippen molar-refractivity contribution in [2.24, 2.45) is 17.8 Å². The minimum Gasteiger partial charge on any atom is -0.493 e. The normalized spacial score (nSPS) is 22.9. The van der Waals surface area contributed by atoms with Crippen LogP contribution in [0.4, 0.5) is 0 Å². The van der Waals surface area contributed by atoms with Crippen LogP contribution >= 0.6 is 0 Å². The number of methoxy groups -OCH3 is 2. The molecular weight excluding hydrogens is 436 g/mol. The zero-order valence-electron chi connectivity index (χ0n) is 22.2. The van der Waals surface area contributed by atoms with Gasteiger partial charge in [-0.05, 0) is 94.2 Å². The van der Waals surface area contributed by atoms with Crippen LogP contribution < -0.4 is 9.47 Å². The van der Waals surface area contributed by atoms with Crippen LogP contribution in [-0.4, -0.2) is 72.3 Å². The standard InChI is InChI=1S/C29H44N4O2/c1-21(2)19-31-12-10-25(11-13-31)32-14-7-22(8-15-32)23-9-16-33-20-26(30-29(33)18-23)24-5-6-27(34-3)28(17-24)35-4/h5-6,17,20-23,25H,7-16,18-19H2,1-4H3. The topological polar surface area (TPSA) is 42.8 Å². The second-order valence-corrected chi connectivity index (χ2v) is 11.4. The van der Waals surface area contributed by atoms with E-state index in [4.69, 9.17) is 14.5 Å². The van der Waals surface area contributed by atoms with E-state index in [2.05, 4.69) is 40.5 Å². The molecule has 4 heterocycles. The molecule has 3 aliphatic rings. The Kier molecular flexibility index (Phi) is 7.68. The van der Waals surface area contributed by atoms with Gasteiger partial charge in [0.05, 0.1) is 19.9 Å². The van der Waals surface area contributed by atoms with Crippen molar-refractivity contribution in [3.05, 3.63) is 30.2 Å². The fourth-order valence-electron chi connectivity index (χ4n) is 6.73. The van der Waals surface area contributed by atoms with E-state index in [9.17, 15) is 0 Å². The average molecular weight is 481 g/mol. The van der Waals surface area contributed by atoms with Gasteiger partial charge in [0.2, 0.25) is 0 Å². The van der Waals surface area contributed by atoms with E-state index < -0.39 is 0 Å². The van der Waals surface area contributed by atoms with Gasteiger partial charge in [0.1, 0.15) is 5.82 Å². The van der Waals surface area contributed by atoms with Crippen molar-refractivity contribution in [3.8, 4) is 22.8 Å². The van der Waals surface area contributed by atoms with Crippen molar-refractivity contribution in [1.82, 2.24) is 19.4 Å². The Balaban J connectivity index is 1.15. The van der Waals surface area contributed by atoms with E-state index in [1.807, 2.05) is 12.1 Å². The first kappa shape index (κ1) is 24.6. The van der Waals surface area contributed by atoms with Gasteiger partial charge >= 0.3 is 0 Å². The van der Waals surface area contributed by atoms with Crippen LogP contribution in [0.1, 0.15) is 51.8 Å². The van der Waals surface area contributed by atoms with Crippen molar-refractivity contribution in [2.75, 3.05) is 46.9 Å². The lowest BCUT2D eigenvalue weighted by Crippen LogP contribution is -2.49. The predicted molar refractivity (Wildman–Crippen MR) is 141 cm³/mol. The van der Waals surface area contributed by atoms with E-state index in [1.54, 1.807) is 14.2 Å². The first-order valence-electron chi connectivity index (χ1n) is 13.8. The van der Waals surface area contributed by atoms with Crippen molar-refractivity contribution < 1.29 is 9.47 Å². The maximum atomic E-state index is 5.50. The SMILES string of the molecule is COc1ccc(-c2cn3c(n2)CC(C2CCN(C4CCN(CC(C)C)CC4)CC2)CC3)cc1OC. The third-order valence-corrected chi connectivity index (χ3v) is 8.66. The summed E-state index contributed by atoms with van der Waals surface area (Å²) in [4.78, 5) is 10.6. The highest BCUT2D eigenvalue weighted by Gasteiger charge is 2.33. The third-order valence-electron chi connectivity index (χ3n) is 8.66. The number of aromatic nitrogens is 2. The Labute approximate surface area is 211 Å². The molecule has 1 atom stereocenters. The number of fused-ring (bicyclic) bond motifs is 1. The third kappa shape index (κ3) is 5.54. The molecule has 0 amide bonds. The van der Waals surface area contributed by atoms with Crippen molar-refractivity contribution >= 4 is 0 Å². The van der Waals surface area contributed by atoms with Crippen LogP contribution in [0.2, 0.25) is 0 Å². The first-order chi connectivity index (χ1) is 17.0. The second-order valence-electron chi connectivity index (χ2n) is 11.4. The molecule has 1 aromatic heterocycles. The van der Waals surface area contributed by atoms with Crippen molar-refractivity contribution in [1.29, 1.82) is 0 Å². The number of ether oxygens (including phenoxy) is 2. The van der Waals surface area contributed by atoms with Crippen LogP contribution in [0.5, 0.6) is 11.5 Å². The molecule has 6 heteroatoms. The molecule has 2 fully saturated rings. The van der Waals surface area contributed by atoms with Gasteiger partial charge in [0.15, 0.2) is 11.5 Å². The number of imidazole rings is 1. The number of benzene rings is 1. The lowest BCUT2D eigenvalue weighted by Gasteiger charge is -2.44. The van der Waals surface area contributed by atoms with Crippen molar-refractivity contribution in [2.45, 2.75) is 65.0 Å². The summed E-state index contributed by atoms with van der Waals surface area (Å²) >= 11 is 0. The van der Waals surface area contributed by atoms with Gasteiger partial charge in [-0.25, -0.2) is 4.98 Å². The number of nitrogens with zero attached hydrogens (tertiary/aromatic N) is 4. The van der Waals surface area contributed by atoms with Crippen LogP contribution in [-0.2, 0) is 13.0 Å². The summed E-state index contributed by atoms with van der Waals surface area (Å²) in [5, 5.41) is 0. The molecule has 0 spiro atoms. The van der Waals surface area contributed by atoms with Gasteiger partial charge in [0, 0.05) is 37.3 Å². The summed E-state index contributed by atoms with van der Waals surface area (Å²) in [7, 11) is 3.36. The molecule has 2 aromatic rings. The monoisotopic (exact) mass is 480 g/mol. The zero-order chi connectivity index (χ0) is 24.4. The highest BCUT2D eigenvalue weighted by molar-refractivity contribution is 5.63. The van der Waals surface area contributed by atoms with E-state index in [1.165, 1.54) is 70.7 Å². The van der Waals surface area contributed by atoms with Gasteiger partial charge in [-0.15, -0.1) is 0 Å². The Hall–Kier alpha value is -2.05. The maximum absolute atomic E-state index is 5.50. The molecule has 0 bridgehead atoms. The van der Waals surface area contributed by atoms with Gasteiger partial charge < -0.3 is 23.8 Å². The highest BCUT2D eigenvalue weighted by Crippen LogP contribution is 2.37. The molecule has 5 rings (SSSR count). The molecule has 6 nitrogen and oxygen atoms in total. The molecule has 2 saturated heterocycles. The molecule has 0 aliphatic carbocycles. The summed E-state index contributed by atoms with van der Waals surface area (Å²) in [6.07, 6.45) is 10.1. The minimum atomic E-state index is 0.756. The van der Waals surface area contributed by atoms with Crippen LogP contribution in [0.15, 0.2) is 24.4 Å². The number of hydrogen-bond acceptors (Lipinski definition) is 5. The zero-order valence-corrected chi connectivity index (χ0v) is 22.2. The number of aryl methyl sites for hydroxylation is 1. The lowest BCUT2D eigenvalue weighted by atomic mass is 9.78. The quantitative estimate of drug-likeness (QED) is 0.560. The molecule has 0 N–H and O–H groups in total. The molecule has 1 unspecified atom stereocenters. The van der Waals surface area contributed by atoms with Crippen LogP contribution in [0.25, 0.3) is 11.3 Å². The smallest absolute Gasteiger partial charge is 0.161 e. The van der Waals surface area contributed by atoms with Crippen molar-refractivity contribution in [3.63, 3.8) is 0 Å². The first-order valence-corrected chi connectivity index (χ1v) is 13.8. The summed E-state index contributed by atoms with van der Waals surface area (Å²) in [6.45, 7) is 12.2. The summed E-state index contributed by atoms with van der Waals surface area (Å²) < 4.78 is 13.3. The second kappa shape index (κ2) is 10.9. The van der Waals surface area contributed by atoms with Gasteiger partial charge in [-0.2, -0.15) is 0 Å². The Morgan fingerprint density at radius 3 is 2.29 bits per heavy atom. The van der Waals surface area contributed by atoms with Gasteiger partial charge in [-0.3, -0.25) is 0 Å². The Bertz CT molecular complexity index is 971. The largest absolute Gasteiger partial charge is 0.493 e. The molecule has 3 aliphatic heterocycles. The minimum absolute atomic E-state index is 0.756. The highest BCUT2D eigenvalue weighted by atomic mass is 16.5. The van der Waals surface area contributed by atoms with E-state index in [0.717, 1.165) is 59.5 Å². The number of rotatable bonds is 7. The van der Waals surface area contributed by atoms with Gasteiger partial charge in [0.25, 0.3) is 0 Å². The summed E-state index contributed by atoms with van der Waals surface area (Å²) in [5.41, 5.74) is 2.13. The average Bonchev–Trinajstić information content (AvgIpc) is 3.32. The molecular formula is C29H44N4O2. The maximum Gasteiger partial charge on any atom is 0.161 e. The van der Waals surface area contributed by atoms with Gasteiger partial charge in [-0.1, -0.05) is 13.8 Å². The summed E-state index contributed by atoms with van der Waals surface area (Å²) in [6, 6.07) is 6.90. The van der Waals surface area contributed by atoms with Crippen LogP contribution in [0, 0.1) is 17.8 Å². The fourth-order valence-corrected chi connectivity index (χ4v) is 6.73. The molecule has 192 valence electrons. The molecule has 0 radical (unpaired) electrons. The molecule has 1 aromatic carbocycles. The predicted octanol–water partition coefficient (Wildman–Crippen LogP) is 4.96. The number of hydrogen-bond donors (Lipinski definition) is 0.